The first-order valence-corrected chi connectivity index (χ1v) is 5.35. The molecule has 0 spiro atoms. The maximum absolute atomic E-state index is 13.0. The molecular weight excluding hydrogens is 237 g/mol. The first-order chi connectivity index (χ1) is 8.54. The number of carbonyl (C=O) groups excluding carboxylic acids is 1. The smallest absolute Gasteiger partial charge is 0.258 e. The van der Waals surface area contributed by atoms with Crippen LogP contribution in [0.1, 0.15) is 18.6 Å². The van der Waals surface area contributed by atoms with Crippen molar-refractivity contribution < 1.29 is 19.0 Å². The number of aliphatic hydroxyl groups is 1. The van der Waals surface area contributed by atoms with Crippen molar-refractivity contribution in [3.05, 3.63) is 29.6 Å². The highest BCUT2D eigenvalue weighted by Crippen LogP contribution is 2.25. The molecule has 0 heterocycles. The number of benzene rings is 1. The van der Waals surface area contributed by atoms with Gasteiger partial charge in [-0.3, -0.25) is 4.79 Å². The molecule has 1 unspecified atom stereocenters. The summed E-state index contributed by atoms with van der Waals surface area (Å²) in [6.07, 6.45) is 4.10. The zero-order valence-corrected chi connectivity index (χ0v) is 9.94. The van der Waals surface area contributed by atoms with Crippen LogP contribution in [0.15, 0.2) is 18.2 Å². The highest BCUT2D eigenvalue weighted by Gasteiger charge is 2.11. The standard InChI is InChI=1S/C13H14FNO3/c1-3-6-15-13(17)8-18-12-5-4-10(14)7-11(12)9(2)16/h1,4-5,7,9,16H,6,8H2,2H3,(H,15,17). The molecule has 0 aliphatic carbocycles. The maximum Gasteiger partial charge on any atom is 0.258 e. The average molecular weight is 251 g/mol. The van der Waals surface area contributed by atoms with Crippen molar-refractivity contribution in [2.24, 2.45) is 0 Å². The van der Waals surface area contributed by atoms with Crippen LogP contribution in [-0.2, 0) is 4.79 Å². The molecule has 0 aliphatic rings. The summed E-state index contributed by atoms with van der Waals surface area (Å²) >= 11 is 0. The molecule has 0 radical (unpaired) electrons. The third-order valence-electron chi connectivity index (χ3n) is 2.17. The number of carbonyl (C=O) groups is 1. The second-order valence-corrected chi connectivity index (χ2v) is 3.63. The van der Waals surface area contributed by atoms with E-state index < -0.39 is 11.9 Å². The summed E-state index contributed by atoms with van der Waals surface area (Å²) < 4.78 is 18.2. The molecule has 2 N–H and O–H groups in total. The Labute approximate surface area is 105 Å². The van der Waals surface area contributed by atoms with E-state index in [2.05, 4.69) is 11.2 Å². The first-order valence-electron chi connectivity index (χ1n) is 5.35. The number of hydrogen-bond donors (Lipinski definition) is 2. The van der Waals surface area contributed by atoms with Gasteiger partial charge >= 0.3 is 0 Å². The fourth-order valence-electron chi connectivity index (χ4n) is 1.32. The number of rotatable bonds is 5. The predicted octanol–water partition coefficient (Wildman–Crippen LogP) is 1.01. The highest BCUT2D eigenvalue weighted by atomic mass is 19.1. The van der Waals surface area contributed by atoms with Gasteiger partial charge in [-0.15, -0.1) is 6.42 Å². The van der Waals surface area contributed by atoms with E-state index in [-0.39, 0.29) is 24.8 Å². The fourth-order valence-corrected chi connectivity index (χ4v) is 1.32. The number of ether oxygens (including phenoxy) is 1. The lowest BCUT2D eigenvalue weighted by atomic mass is 10.1. The zero-order chi connectivity index (χ0) is 13.5. The van der Waals surface area contributed by atoms with Crippen LogP contribution in [0, 0.1) is 18.2 Å². The van der Waals surface area contributed by atoms with Gasteiger partial charge in [0.05, 0.1) is 12.6 Å². The lowest BCUT2D eigenvalue weighted by Crippen LogP contribution is -2.29. The summed E-state index contributed by atoms with van der Waals surface area (Å²) in [5.74, 6) is 1.67. The Balaban J connectivity index is 2.67. The minimum Gasteiger partial charge on any atom is -0.483 e. The first kappa shape index (κ1) is 14.0. The van der Waals surface area contributed by atoms with Gasteiger partial charge in [-0.25, -0.2) is 4.39 Å². The molecule has 0 saturated carbocycles. The van der Waals surface area contributed by atoms with Crippen LogP contribution in [0.2, 0.25) is 0 Å². The molecule has 5 heteroatoms. The van der Waals surface area contributed by atoms with E-state index >= 15 is 0 Å². The second-order valence-electron chi connectivity index (χ2n) is 3.63. The van der Waals surface area contributed by atoms with E-state index in [1.54, 1.807) is 0 Å². The van der Waals surface area contributed by atoms with Crippen molar-refractivity contribution in [2.45, 2.75) is 13.0 Å². The Hall–Kier alpha value is -2.06. The van der Waals surface area contributed by atoms with Crippen LogP contribution in [0.5, 0.6) is 5.75 Å². The molecule has 1 amide bonds. The van der Waals surface area contributed by atoms with E-state index in [4.69, 9.17) is 11.2 Å². The van der Waals surface area contributed by atoms with Gasteiger partial charge in [-0.05, 0) is 25.1 Å². The van der Waals surface area contributed by atoms with E-state index in [0.29, 0.717) is 5.56 Å². The average Bonchev–Trinajstić information content (AvgIpc) is 2.34. The number of amides is 1. The molecule has 18 heavy (non-hydrogen) atoms. The molecular formula is C13H14FNO3. The van der Waals surface area contributed by atoms with Crippen LogP contribution in [-0.4, -0.2) is 24.2 Å². The van der Waals surface area contributed by atoms with Gasteiger partial charge in [0.1, 0.15) is 11.6 Å². The summed E-state index contributed by atoms with van der Waals surface area (Å²) in [4.78, 5) is 11.3. The van der Waals surface area contributed by atoms with Crippen LogP contribution < -0.4 is 10.1 Å². The van der Waals surface area contributed by atoms with Crippen molar-refractivity contribution in [3.8, 4) is 18.1 Å². The topological polar surface area (TPSA) is 58.6 Å². The van der Waals surface area contributed by atoms with E-state index in [9.17, 15) is 14.3 Å². The molecule has 96 valence electrons. The van der Waals surface area contributed by atoms with Crippen molar-refractivity contribution in [1.29, 1.82) is 0 Å². The van der Waals surface area contributed by atoms with Gasteiger partial charge in [0.2, 0.25) is 0 Å². The quantitative estimate of drug-likeness (QED) is 0.768. The van der Waals surface area contributed by atoms with E-state index in [1.165, 1.54) is 25.1 Å². The van der Waals surface area contributed by atoms with Crippen molar-refractivity contribution >= 4 is 5.91 Å². The summed E-state index contributed by atoms with van der Waals surface area (Å²) in [6.45, 7) is 1.36. The van der Waals surface area contributed by atoms with Crippen molar-refractivity contribution in [3.63, 3.8) is 0 Å². The van der Waals surface area contributed by atoms with Gasteiger partial charge in [-0.2, -0.15) is 0 Å². The molecule has 0 aliphatic heterocycles. The molecule has 1 aromatic rings. The van der Waals surface area contributed by atoms with Gasteiger partial charge in [0.25, 0.3) is 5.91 Å². The molecule has 0 fully saturated rings. The van der Waals surface area contributed by atoms with Gasteiger partial charge in [0, 0.05) is 5.56 Å². The molecule has 1 aromatic carbocycles. The van der Waals surface area contributed by atoms with Crippen LogP contribution in [0.3, 0.4) is 0 Å². The van der Waals surface area contributed by atoms with Gasteiger partial charge < -0.3 is 15.2 Å². The molecule has 1 atom stereocenters. The van der Waals surface area contributed by atoms with Crippen LogP contribution >= 0.6 is 0 Å². The van der Waals surface area contributed by atoms with Crippen molar-refractivity contribution in [2.75, 3.05) is 13.2 Å². The second kappa shape index (κ2) is 6.62. The fraction of sp³-hybridized carbons (Fsp3) is 0.308. The van der Waals surface area contributed by atoms with Gasteiger partial charge in [-0.1, -0.05) is 5.92 Å². The Morgan fingerprint density at radius 2 is 2.39 bits per heavy atom. The lowest BCUT2D eigenvalue weighted by Gasteiger charge is -2.13. The Morgan fingerprint density at radius 3 is 3.00 bits per heavy atom. The summed E-state index contributed by atoms with van der Waals surface area (Å²) in [7, 11) is 0. The van der Waals surface area contributed by atoms with Crippen molar-refractivity contribution in [1.82, 2.24) is 5.32 Å². The molecule has 1 rings (SSSR count). The molecule has 4 nitrogen and oxygen atoms in total. The van der Waals surface area contributed by atoms with E-state index in [1.807, 2.05) is 0 Å². The SMILES string of the molecule is C#CCNC(=O)COc1ccc(F)cc1C(C)O. The number of terminal acetylenes is 1. The Morgan fingerprint density at radius 1 is 1.67 bits per heavy atom. The monoisotopic (exact) mass is 251 g/mol. The number of aliphatic hydroxyl groups excluding tert-OH is 1. The minimum absolute atomic E-state index is 0.120. The highest BCUT2D eigenvalue weighted by molar-refractivity contribution is 5.77. The van der Waals surface area contributed by atoms with Crippen LogP contribution in [0.25, 0.3) is 0 Å². The summed E-state index contributed by atoms with van der Waals surface area (Å²) in [6, 6.07) is 3.73. The minimum atomic E-state index is -0.885. The molecule has 0 saturated heterocycles. The lowest BCUT2D eigenvalue weighted by molar-refractivity contribution is -0.122. The molecule has 0 bridgehead atoms. The number of hydrogen-bond acceptors (Lipinski definition) is 3. The largest absolute Gasteiger partial charge is 0.483 e. The third-order valence-corrected chi connectivity index (χ3v) is 2.17. The summed E-state index contributed by atoms with van der Waals surface area (Å²) in [5.41, 5.74) is 0.291. The molecule has 0 aromatic heterocycles. The third kappa shape index (κ3) is 4.07. The normalized spacial score (nSPS) is 11.4. The zero-order valence-electron chi connectivity index (χ0n) is 9.94. The van der Waals surface area contributed by atoms with E-state index in [0.717, 1.165) is 0 Å². The number of nitrogens with one attached hydrogen (secondary N) is 1. The van der Waals surface area contributed by atoms with Gasteiger partial charge in [0.15, 0.2) is 6.61 Å². The van der Waals surface area contributed by atoms with Crippen LogP contribution in [0.4, 0.5) is 4.39 Å². The number of halogens is 1. The maximum atomic E-state index is 13.0. The Kier molecular flexibility index (Phi) is 5.15. The Bertz CT molecular complexity index is 466. The predicted molar refractivity (Wildman–Crippen MR) is 64.4 cm³/mol. The summed E-state index contributed by atoms with van der Waals surface area (Å²) in [5, 5.41) is 11.9.